The van der Waals surface area contributed by atoms with Crippen LogP contribution in [0.25, 0.3) is 0 Å². The summed E-state index contributed by atoms with van der Waals surface area (Å²) in [7, 11) is 1.44. The highest BCUT2D eigenvalue weighted by molar-refractivity contribution is 6.21. The fourth-order valence-electron chi connectivity index (χ4n) is 3.53. The van der Waals surface area contributed by atoms with Gasteiger partial charge >= 0.3 is 0 Å². The smallest absolute Gasteiger partial charge is 0.261 e. The first-order valence-electron chi connectivity index (χ1n) is 9.16. The van der Waals surface area contributed by atoms with Crippen molar-refractivity contribution < 1.29 is 19.2 Å². The Hall–Kier alpha value is -2.70. The van der Waals surface area contributed by atoms with Gasteiger partial charge in [-0.15, -0.1) is 0 Å². The molecule has 0 spiro atoms. The molecule has 3 rings (SSSR count). The Morgan fingerprint density at radius 2 is 1.78 bits per heavy atom. The lowest BCUT2D eigenvalue weighted by Crippen LogP contribution is -2.47. The number of anilines is 1. The number of nitrogens with one attached hydrogen (secondary N) is 1. The van der Waals surface area contributed by atoms with Gasteiger partial charge in [0.25, 0.3) is 11.8 Å². The topological polar surface area (TPSA) is 86.8 Å². The molecular formula is C20H25N3O4. The molecular weight excluding hydrogens is 346 g/mol. The minimum Gasteiger partial charge on any atom is -0.341 e. The van der Waals surface area contributed by atoms with Crippen LogP contribution in [0, 0.1) is 11.3 Å². The largest absolute Gasteiger partial charge is 0.341 e. The molecule has 0 aromatic heterocycles. The van der Waals surface area contributed by atoms with Gasteiger partial charge < -0.3 is 10.2 Å². The van der Waals surface area contributed by atoms with Crippen molar-refractivity contribution in [2.75, 3.05) is 25.5 Å². The molecule has 1 fully saturated rings. The molecule has 1 atom stereocenters. The van der Waals surface area contributed by atoms with Crippen molar-refractivity contribution in [3.63, 3.8) is 0 Å². The number of nitrogens with zero attached hydrogens (tertiary/aromatic N) is 2. The van der Waals surface area contributed by atoms with Gasteiger partial charge in [-0.25, -0.2) is 0 Å². The van der Waals surface area contributed by atoms with E-state index in [9.17, 15) is 19.2 Å². The summed E-state index contributed by atoms with van der Waals surface area (Å²) in [6, 6.07) is 4.73. The number of hydrogen-bond acceptors (Lipinski definition) is 4. The molecule has 4 amide bonds. The Balaban J connectivity index is 1.70. The van der Waals surface area contributed by atoms with Crippen LogP contribution in [0.1, 0.15) is 54.3 Å². The van der Waals surface area contributed by atoms with Crippen LogP contribution in [-0.2, 0) is 9.59 Å². The number of benzene rings is 1. The van der Waals surface area contributed by atoms with Gasteiger partial charge in [0.1, 0.15) is 0 Å². The quantitative estimate of drug-likeness (QED) is 0.807. The van der Waals surface area contributed by atoms with E-state index in [4.69, 9.17) is 0 Å². The van der Waals surface area contributed by atoms with Crippen molar-refractivity contribution in [3.8, 4) is 0 Å². The monoisotopic (exact) mass is 371 g/mol. The van der Waals surface area contributed by atoms with Crippen LogP contribution >= 0.6 is 0 Å². The Bertz CT molecular complexity index is 825. The maximum Gasteiger partial charge on any atom is 0.261 e. The molecule has 144 valence electrons. The molecule has 0 saturated carbocycles. The van der Waals surface area contributed by atoms with Crippen LogP contribution < -0.4 is 5.32 Å². The van der Waals surface area contributed by atoms with E-state index in [-0.39, 0.29) is 29.5 Å². The first-order valence-corrected chi connectivity index (χ1v) is 9.16. The van der Waals surface area contributed by atoms with Crippen molar-refractivity contribution in [1.29, 1.82) is 0 Å². The molecule has 1 N–H and O–H groups in total. The lowest BCUT2D eigenvalue weighted by Gasteiger charge is -2.35. The first-order chi connectivity index (χ1) is 12.6. The van der Waals surface area contributed by atoms with Gasteiger partial charge in [0.15, 0.2) is 0 Å². The number of amides is 4. The summed E-state index contributed by atoms with van der Waals surface area (Å²) in [4.78, 5) is 52.1. The normalized spacial score (nSPS) is 19.9. The van der Waals surface area contributed by atoms with Crippen molar-refractivity contribution in [2.24, 2.45) is 11.3 Å². The zero-order chi connectivity index (χ0) is 19.9. The Morgan fingerprint density at radius 1 is 1.11 bits per heavy atom. The number of fused-ring (bicyclic) bond motifs is 1. The van der Waals surface area contributed by atoms with E-state index in [0.717, 1.165) is 11.3 Å². The zero-order valence-electron chi connectivity index (χ0n) is 16.2. The molecule has 1 saturated heterocycles. The third kappa shape index (κ3) is 3.59. The summed E-state index contributed by atoms with van der Waals surface area (Å²) in [5.41, 5.74) is 0.653. The van der Waals surface area contributed by atoms with E-state index in [1.165, 1.54) is 13.1 Å². The number of carbonyl (C=O) groups excluding carboxylic acids is 4. The number of imide groups is 1. The van der Waals surface area contributed by atoms with Crippen molar-refractivity contribution >= 4 is 29.3 Å². The predicted molar refractivity (Wildman–Crippen MR) is 100 cm³/mol. The van der Waals surface area contributed by atoms with Gasteiger partial charge in [0.2, 0.25) is 11.8 Å². The van der Waals surface area contributed by atoms with Crippen LogP contribution in [0.5, 0.6) is 0 Å². The fourth-order valence-corrected chi connectivity index (χ4v) is 3.53. The second-order valence-electron chi connectivity index (χ2n) is 8.26. The fraction of sp³-hybridized carbons (Fsp3) is 0.500. The highest BCUT2D eigenvalue weighted by Crippen LogP contribution is 2.27. The van der Waals surface area contributed by atoms with Gasteiger partial charge in [-0.1, -0.05) is 20.8 Å². The van der Waals surface area contributed by atoms with Crippen molar-refractivity contribution in [2.45, 2.75) is 33.6 Å². The molecule has 2 aliphatic rings. The number of hydrogen-bond donors (Lipinski definition) is 1. The highest BCUT2D eigenvalue weighted by Gasteiger charge is 2.35. The lowest BCUT2D eigenvalue weighted by atomic mass is 9.91. The second kappa shape index (κ2) is 6.79. The summed E-state index contributed by atoms with van der Waals surface area (Å²) in [6.45, 7) is 6.69. The number of carbonyl (C=O) groups is 4. The number of piperidine rings is 1. The van der Waals surface area contributed by atoms with E-state index in [1.807, 2.05) is 20.8 Å². The van der Waals surface area contributed by atoms with Crippen LogP contribution in [0.4, 0.5) is 5.69 Å². The minimum absolute atomic E-state index is 0.0460. The molecule has 0 radical (unpaired) electrons. The molecule has 1 aromatic rings. The van der Waals surface area contributed by atoms with Gasteiger partial charge in [0, 0.05) is 31.2 Å². The summed E-state index contributed by atoms with van der Waals surface area (Å²) in [5.74, 6) is -1.13. The number of likely N-dealkylation sites (tertiary alicyclic amines) is 1. The van der Waals surface area contributed by atoms with E-state index < -0.39 is 5.41 Å². The summed E-state index contributed by atoms with van der Waals surface area (Å²) >= 11 is 0. The first kappa shape index (κ1) is 19.1. The van der Waals surface area contributed by atoms with Crippen LogP contribution in [0.3, 0.4) is 0 Å². The van der Waals surface area contributed by atoms with Gasteiger partial charge in [0.05, 0.1) is 17.0 Å². The van der Waals surface area contributed by atoms with E-state index in [0.29, 0.717) is 36.3 Å². The average molecular weight is 371 g/mol. The maximum atomic E-state index is 12.7. The SMILES string of the molecule is CN1C(=O)c2ccc(NC(=O)C3CCCN(C(=O)C(C)(C)C)C3)cc2C1=O. The Morgan fingerprint density at radius 3 is 2.44 bits per heavy atom. The second-order valence-corrected chi connectivity index (χ2v) is 8.26. The molecule has 7 heteroatoms. The van der Waals surface area contributed by atoms with Gasteiger partial charge in [-0.3, -0.25) is 24.1 Å². The standard InChI is InChI=1S/C20H25N3O4/c1-20(2,3)19(27)23-9-5-6-12(11-23)16(24)21-13-7-8-14-15(10-13)18(26)22(4)17(14)25/h7-8,10,12H,5-6,9,11H2,1-4H3,(H,21,24). The van der Waals surface area contributed by atoms with Crippen LogP contribution in [0.2, 0.25) is 0 Å². The third-order valence-electron chi connectivity index (χ3n) is 5.08. The predicted octanol–water partition coefficient (Wildman–Crippen LogP) is 2.14. The molecule has 0 aliphatic carbocycles. The average Bonchev–Trinajstić information content (AvgIpc) is 2.84. The van der Waals surface area contributed by atoms with Gasteiger partial charge in [-0.2, -0.15) is 0 Å². The van der Waals surface area contributed by atoms with Crippen molar-refractivity contribution in [3.05, 3.63) is 29.3 Å². The van der Waals surface area contributed by atoms with E-state index in [2.05, 4.69) is 5.32 Å². The Kier molecular flexibility index (Phi) is 4.80. The Labute approximate surface area is 158 Å². The van der Waals surface area contributed by atoms with E-state index in [1.54, 1.807) is 17.0 Å². The number of rotatable bonds is 2. The zero-order valence-corrected chi connectivity index (χ0v) is 16.2. The summed E-state index contributed by atoms with van der Waals surface area (Å²) in [6.07, 6.45) is 1.49. The van der Waals surface area contributed by atoms with E-state index >= 15 is 0 Å². The highest BCUT2D eigenvalue weighted by atomic mass is 16.2. The molecule has 27 heavy (non-hydrogen) atoms. The molecule has 1 aromatic carbocycles. The van der Waals surface area contributed by atoms with Crippen molar-refractivity contribution in [1.82, 2.24) is 9.80 Å². The molecule has 1 unspecified atom stereocenters. The summed E-state index contributed by atoms with van der Waals surface area (Å²) < 4.78 is 0. The molecule has 2 aliphatic heterocycles. The van der Waals surface area contributed by atoms with Crippen LogP contribution in [-0.4, -0.2) is 53.6 Å². The summed E-state index contributed by atoms with van der Waals surface area (Å²) in [5, 5.41) is 2.83. The van der Waals surface area contributed by atoms with Crippen LogP contribution in [0.15, 0.2) is 18.2 Å². The molecule has 2 heterocycles. The lowest BCUT2D eigenvalue weighted by molar-refractivity contribution is -0.142. The maximum absolute atomic E-state index is 12.7. The van der Waals surface area contributed by atoms with Gasteiger partial charge in [-0.05, 0) is 31.0 Å². The molecule has 7 nitrogen and oxygen atoms in total. The molecule has 0 bridgehead atoms. The minimum atomic E-state index is -0.475. The third-order valence-corrected chi connectivity index (χ3v) is 5.08.